The zero-order chi connectivity index (χ0) is 17.9. The van der Waals surface area contributed by atoms with Crippen molar-refractivity contribution in [2.24, 2.45) is 0 Å². The number of fused-ring (bicyclic) bond motifs is 3. The minimum absolute atomic E-state index is 0.487. The van der Waals surface area contributed by atoms with E-state index in [0.717, 1.165) is 47.8 Å². The van der Waals surface area contributed by atoms with E-state index in [-0.39, 0.29) is 0 Å². The maximum atomic E-state index is 4.92. The molecule has 0 radical (unpaired) electrons. The van der Waals surface area contributed by atoms with Crippen LogP contribution in [0.1, 0.15) is 55.8 Å². The molecule has 26 heavy (non-hydrogen) atoms. The molecule has 6 heteroatoms. The zero-order valence-corrected chi connectivity index (χ0v) is 15.8. The number of nitrogens with zero attached hydrogens (tertiary/aromatic N) is 4. The van der Waals surface area contributed by atoms with Crippen molar-refractivity contribution >= 4 is 22.5 Å². The van der Waals surface area contributed by atoms with Crippen molar-refractivity contribution in [3.05, 3.63) is 29.6 Å². The topological polar surface area (TPSA) is 67.1 Å². The van der Waals surface area contributed by atoms with Gasteiger partial charge in [-0.15, -0.1) is 10.2 Å². The molecule has 0 saturated heterocycles. The van der Waals surface area contributed by atoms with E-state index in [1.807, 2.05) is 7.05 Å². The molecule has 0 atom stereocenters. The molecule has 4 rings (SSSR count). The number of rotatable bonds is 6. The zero-order valence-electron chi connectivity index (χ0n) is 15.8. The smallest absolute Gasteiger partial charge is 0.210 e. The van der Waals surface area contributed by atoms with Crippen LogP contribution in [0.3, 0.4) is 0 Å². The molecule has 3 aromatic rings. The van der Waals surface area contributed by atoms with Crippen LogP contribution in [0.5, 0.6) is 0 Å². The van der Waals surface area contributed by atoms with Crippen LogP contribution in [0, 0.1) is 6.92 Å². The molecule has 0 aliphatic heterocycles. The minimum Gasteiger partial charge on any atom is -0.355 e. The van der Waals surface area contributed by atoms with Crippen LogP contribution < -0.4 is 10.6 Å². The van der Waals surface area contributed by atoms with E-state index in [1.165, 1.54) is 37.7 Å². The second kappa shape index (κ2) is 7.58. The van der Waals surface area contributed by atoms with Gasteiger partial charge in [0.15, 0.2) is 5.65 Å². The first kappa shape index (κ1) is 17.2. The highest BCUT2D eigenvalue weighted by Gasteiger charge is 2.23. The monoisotopic (exact) mass is 352 g/mol. The van der Waals surface area contributed by atoms with Crippen molar-refractivity contribution in [2.75, 3.05) is 25.5 Å². The molecule has 1 aliphatic carbocycles. The van der Waals surface area contributed by atoms with Crippen LogP contribution in [-0.4, -0.2) is 39.7 Å². The van der Waals surface area contributed by atoms with E-state index in [0.29, 0.717) is 5.92 Å². The number of hydrogen-bond donors (Lipinski definition) is 2. The van der Waals surface area contributed by atoms with Crippen LogP contribution in [0.25, 0.3) is 16.6 Å². The van der Waals surface area contributed by atoms with Crippen LogP contribution >= 0.6 is 0 Å². The summed E-state index contributed by atoms with van der Waals surface area (Å²) in [6.45, 7) is 3.97. The first-order valence-electron chi connectivity index (χ1n) is 9.82. The minimum atomic E-state index is 0.487. The number of anilines is 1. The van der Waals surface area contributed by atoms with Crippen molar-refractivity contribution in [1.29, 1.82) is 0 Å². The molecule has 0 spiro atoms. The van der Waals surface area contributed by atoms with Gasteiger partial charge < -0.3 is 10.6 Å². The number of benzene rings is 1. The van der Waals surface area contributed by atoms with Gasteiger partial charge in [-0.05, 0) is 51.9 Å². The quantitative estimate of drug-likeness (QED) is 0.663. The van der Waals surface area contributed by atoms with Gasteiger partial charge in [0.1, 0.15) is 5.82 Å². The van der Waals surface area contributed by atoms with Gasteiger partial charge in [0.2, 0.25) is 5.95 Å². The lowest BCUT2D eigenvalue weighted by Crippen LogP contribution is -2.16. The lowest BCUT2D eigenvalue weighted by Gasteiger charge is -2.21. The third-order valence-corrected chi connectivity index (χ3v) is 5.38. The maximum Gasteiger partial charge on any atom is 0.210 e. The molecule has 2 heterocycles. The molecule has 1 fully saturated rings. The Hall–Kier alpha value is -2.21. The molecule has 0 unspecified atom stereocenters. The van der Waals surface area contributed by atoms with Gasteiger partial charge in [-0.1, -0.05) is 30.9 Å². The van der Waals surface area contributed by atoms with Crippen molar-refractivity contribution in [2.45, 2.75) is 51.4 Å². The molecule has 0 amide bonds. The van der Waals surface area contributed by atoms with Crippen LogP contribution in [0.15, 0.2) is 18.2 Å². The second-order valence-corrected chi connectivity index (χ2v) is 7.39. The molecule has 0 bridgehead atoms. The number of aromatic nitrogens is 4. The van der Waals surface area contributed by atoms with Gasteiger partial charge in [0.25, 0.3) is 0 Å². The summed E-state index contributed by atoms with van der Waals surface area (Å²) in [7, 11) is 1.98. The first-order chi connectivity index (χ1) is 12.8. The molecular weight excluding hydrogens is 324 g/mol. The lowest BCUT2D eigenvalue weighted by molar-refractivity contribution is 0.426. The Morgan fingerprint density at radius 3 is 2.77 bits per heavy atom. The summed E-state index contributed by atoms with van der Waals surface area (Å²) in [4.78, 5) is 4.92. The van der Waals surface area contributed by atoms with Crippen molar-refractivity contribution in [3.63, 3.8) is 0 Å². The Morgan fingerprint density at radius 2 is 1.96 bits per heavy atom. The number of aryl methyl sites for hydroxylation is 1. The van der Waals surface area contributed by atoms with Crippen LogP contribution in [0.2, 0.25) is 0 Å². The van der Waals surface area contributed by atoms with Gasteiger partial charge in [-0.3, -0.25) is 0 Å². The standard InChI is InChI=1S/C20H28N6/c1-14-9-10-17-16(13-14)19-25-24-18(15-7-4-3-5-8-15)26(19)20(23-17)22-12-6-11-21-2/h9-10,13,15,21H,3-8,11-12H2,1-2H3,(H,22,23). The highest BCUT2D eigenvalue weighted by Crippen LogP contribution is 2.34. The first-order valence-corrected chi connectivity index (χ1v) is 9.82. The van der Waals surface area contributed by atoms with Gasteiger partial charge in [0, 0.05) is 17.8 Å². The fourth-order valence-corrected chi connectivity index (χ4v) is 3.98. The number of hydrogen-bond acceptors (Lipinski definition) is 5. The van der Waals surface area contributed by atoms with Crippen LogP contribution in [0.4, 0.5) is 5.95 Å². The molecule has 6 nitrogen and oxygen atoms in total. The summed E-state index contributed by atoms with van der Waals surface area (Å²) >= 11 is 0. The molecular formula is C20H28N6. The molecule has 2 N–H and O–H groups in total. The summed E-state index contributed by atoms with van der Waals surface area (Å²) in [5, 5.41) is 17.0. The second-order valence-electron chi connectivity index (χ2n) is 7.39. The van der Waals surface area contributed by atoms with Crippen molar-refractivity contribution in [1.82, 2.24) is 24.9 Å². The van der Waals surface area contributed by atoms with E-state index in [1.54, 1.807) is 0 Å². The maximum absolute atomic E-state index is 4.92. The van der Waals surface area contributed by atoms with Gasteiger partial charge in [-0.2, -0.15) is 0 Å². The molecule has 138 valence electrons. The third-order valence-electron chi connectivity index (χ3n) is 5.38. The van der Waals surface area contributed by atoms with Gasteiger partial charge in [0.05, 0.1) is 5.52 Å². The van der Waals surface area contributed by atoms with Crippen molar-refractivity contribution in [3.8, 4) is 0 Å². The average molecular weight is 352 g/mol. The van der Waals surface area contributed by atoms with Crippen molar-refractivity contribution < 1.29 is 0 Å². The summed E-state index contributed by atoms with van der Waals surface area (Å²) in [6.07, 6.45) is 7.35. The predicted octanol–water partition coefficient (Wildman–Crippen LogP) is 3.66. The normalized spacial score (nSPS) is 15.8. The highest BCUT2D eigenvalue weighted by molar-refractivity contribution is 5.93. The number of nitrogens with one attached hydrogen (secondary N) is 2. The summed E-state index contributed by atoms with van der Waals surface area (Å²) in [5.74, 6) is 2.44. The Kier molecular flexibility index (Phi) is 5.02. The Balaban J connectivity index is 1.81. The van der Waals surface area contributed by atoms with E-state index >= 15 is 0 Å². The van der Waals surface area contributed by atoms with E-state index in [9.17, 15) is 0 Å². The Morgan fingerprint density at radius 1 is 1.12 bits per heavy atom. The third kappa shape index (κ3) is 3.26. The predicted molar refractivity (Wildman–Crippen MR) is 106 cm³/mol. The summed E-state index contributed by atoms with van der Waals surface area (Å²) in [5.41, 5.74) is 3.12. The summed E-state index contributed by atoms with van der Waals surface area (Å²) in [6, 6.07) is 6.36. The van der Waals surface area contributed by atoms with Crippen LogP contribution in [-0.2, 0) is 0 Å². The lowest BCUT2D eigenvalue weighted by atomic mass is 9.89. The van der Waals surface area contributed by atoms with Gasteiger partial charge in [-0.25, -0.2) is 9.38 Å². The SMILES string of the molecule is CNCCCNc1nc2ccc(C)cc2c2nnc(C3CCCCC3)n12. The average Bonchev–Trinajstić information content (AvgIpc) is 3.12. The Bertz CT molecular complexity index is 894. The fraction of sp³-hybridized carbons (Fsp3) is 0.550. The van der Waals surface area contributed by atoms with Gasteiger partial charge >= 0.3 is 0 Å². The fourth-order valence-electron chi connectivity index (χ4n) is 3.98. The molecule has 1 aromatic carbocycles. The Labute approximate surface area is 154 Å². The molecule has 1 saturated carbocycles. The highest BCUT2D eigenvalue weighted by atomic mass is 15.3. The van der Waals surface area contributed by atoms with E-state index < -0.39 is 0 Å². The molecule has 1 aliphatic rings. The summed E-state index contributed by atoms with van der Waals surface area (Å²) < 4.78 is 2.18. The van der Waals surface area contributed by atoms with E-state index in [4.69, 9.17) is 4.98 Å². The van der Waals surface area contributed by atoms with E-state index in [2.05, 4.69) is 50.4 Å². The largest absolute Gasteiger partial charge is 0.355 e. The molecule has 2 aromatic heterocycles.